The molecule has 1 aliphatic rings. The number of nitrogens with zero attached hydrogens (tertiary/aromatic N) is 4. The number of rotatable bonds is 5. The highest BCUT2D eigenvalue weighted by Gasteiger charge is 2.29. The van der Waals surface area contributed by atoms with E-state index in [-0.39, 0.29) is 22.7 Å². The average molecular weight is 440 g/mol. The van der Waals surface area contributed by atoms with Crippen molar-refractivity contribution in [2.45, 2.75) is 24.3 Å². The molecule has 2 amide bonds. The minimum atomic E-state index is -4.33. The number of thioether (sulfide) groups is 1. The zero-order chi connectivity index (χ0) is 21.7. The van der Waals surface area contributed by atoms with E-state index >= 15 is 0 Å². The molecule has 0 unspecified atom stereocenters. The van der Waals surface area contributed by atoms with E-state index < -0.39 is 5.51 Å². The van der Waals surface area contributed by atoms with Crippen LogP contribution in [0.3, 0.4) is 0 Å². The van der Waals surface area contributed by atoms with Crippen molar-refractivity contribution in [1.29, 1.82) is 0 Å². The Hall–Kier alpha value is -2.69. The van der Waals surface area contributed by atoms with Gasteiger partial charge in [0.1, 0.15) is 17.5 Å². The second-order valence-electron chi connectivity index (χ2n) is 6.67. The summed E-state index contributed by atoms with van der Waals surface area (Å²) in [6.45, 7) is 6.86. The summed E-state index contributed by atoms with van der Waals surface area (Å²) in [5.74, 6) is 2.26. The van der Waals surface area contributed by atoms with E-state index in [4.69, 9.17) is 0 Å². The smallest absolute Gasteiger partial charge is 0.370 e. The Kier molecular flexibility index (Phi) is 6.91. The molecule has 1 aromatic heterocycles. The van der Waals surface area contributed by atoms with Gasteiger partial charge in [0.25, 0.3) is 0 Å². The topological polar surface area (TPSA) is 73.4 Å². The van der Waals surface area contributed by atoms with E-state index in [1.807, 2.05) is 19.9 Å². The molecular formula is C19H23F3N6OS. The summed E-state index contributed by atoms with van der Waals surface area (Å²) in [5, 5.41) is 5.92. The van der Waals surface area contributed by atoms with E-state index in [1.54, 1.807) is 4.90 Å². The van der Waals surface area contributed by atoms with Gasteiger partial charge in [0, 0.05) is 49.4 Å². The van der Waals surface area contributed by atoms with Gasteiger partial charge in [0.05, 0.1) is 0 Å². The highest BCUT2D eigenvalue weighted by molar-refractivity contribution is 8.00. The van der Waals surface area contributed by atoms with Crippen LogP contribution in [0.2, 0.25) is 0 Å². The zero-order valence-corrected chi connectivity index (χ0v) is 17.5. The first-order chi connectivity index (χ1) is 14.2. The van der Waals surface area contributed by atoms with Crippen molar-refractivity contribution in [3.63, 3.8) is 0 Å². The number of hydrogen-bond donors (Lipinski definition) is 2. The molecule has 0 bridgehead atoms. The molecule has 1 aliphatic heterocycles. The van der Waals surface area contributed by atoms with Gasteiger partial charge in [0.15, 0.2) is 0 Å². The predicted octanol–water partition coefficient (Wildman–Crippen LogP) is 4.18. The lowest BCUT2D eigenvalue weighted by atomic mass is 10.3. The number of nitrogens with one attached hydrogen (secondary N) is 2. The van der Waals surface area contributed by atoms with Gasteiger partial charge >= 0.3 is 11.5 Å². The van der Waals surface area contributed by atoms with Crippen molar-refractivity contribution in [3.8, 4) is 0 Å². The fourth-order valence-corrected chi connectivity index (χ4v) is 3.61. The van der Waals surface area contributed by atoms with Gasteiger partial charge in [-0.15, -0.1) is 0 Å². The van der Waals surface area contributed by atoms with Gasteiger partial charge in [-0.25, -0.2) is 14.8 Å². The van der Waals surface area contributed by atoms with Crippen LogP contribution in [-0.2, 0) is 0 Å². The second kappa shape index (κ2) is 9.41. The summed E-state index contributed by atoms with van der Waals surface area (Å²) in [7, 11) is 0. The minimum absolute atomic E-state index is 0.0752. The number of carbonyl (C=O) groups is 1. The van der Waals surface area contributed by atoms with Crippen LogP contribution in [0.25, 0.3) is 0 Å². The number of alkyl halides is 3. The van der Waals surface area contributed by atoms with Gasteiger partial charge in [-0.05, 0) is 49.9 Å². The highest BCUT2D eigenvalue weighted by Crippen LogP contribution is 2.37. The Morgan fingerprint density at radius 2 is 1.80 bits per heavy atom. The van der Waals surface area contributed by atoms with Gasteiger partial charge in [0.2, 0.25) is 0 Å². The molecule has 3 rings (SSSR count). The minimum Gasteiger partial charge on any atom is -0.370 e. The Morgan fingerprint density at radius 3 is 2.40 bits per heavy atom. The van der Waals surface area contributed by atoms with E-state index in [0.717, 1.165) is 18.2 Å². The summed E-state index contributed by atoms with van der Waals surface area (Å²) < 4.78 is 37.2. The van der Waals surface area contributed by atoms with Crippen LogP contribution in [0.15, 0.2) is 35.2 Å². The lowest BCUT2D eigenvalue weighted by Crippen LogP contribution is -2.50. The molecule has 11 heteroatoms. The Balaban J connectivity index is 1.54. The maximum absolute atomic E-state index is 12.5. The maximum atomic E-state index is 12.5. The predicted molar refractivity (Wildman–Crippen MR) is 112 cm³/mol. The summed E-state index contributed by atoms with van der Waals surface area (Å²) in [4.78, 5) is 25.2. The summed E-state index contributed by atoms with van der Waals surface area (Å²) in [6, 6.07) is 7.23. The fourth-order valence-electron chi connectivity index (χ4n) is 3.07. The number of aromatic nitrogens is 2. The molecule has 0 aliphatic carbocycles. The van der Waals surface area contributed by atoms with Crippen molar-refractivity contribution in [2.24, 2.45) is 0 Å². The fraction of sp³-hybridized carbons (Fsp3) is 0.421. The van der Waals surface area contributed by atoms with E-state index in [9.17, 15) is 18.0 Å². The van der Waals surface area contributed by atoms with Crippen molar-refractivity contribution in [2.75, 3.05) is 48.3 Å². The average Bonchev–Trinajstić information content (AvgIpc) is 2.68. The number of halogens is 3. The molecule has 0 saturated carbocycles. The molecule has 2 heterocycles. The van der Waals surface area contributed by atoms with Crippen molar-refractivity contribution >= 4 is 35.1 Å². The number of anilines is 3. The SMILES string of the molecule is CCNc1cc(N2CCN(C(=O)Nc3ccc(SC(F)(F)F)cc3)CC2)nc(C)n1. The Labute approximate surface area is 177 Å². The van der Waals surface area contributed by atoms with Crippen LogP contribution < -0.4 is 15.5 Å². The summed E-state index contributed by atoms with van der Waals surface area (Å²) in [5.41, 5.74) is -3.88. The number of carbonyl (C=O) groups excluding carboxylic acids is 1. The van der Waals surface area contributed by atoms with Gasteiger partial charge in [-0.3, -0.25) is 0 Å². The molecule has 1 saturated heterocycles. The first-order valence-electron chi connectivity index (χ1n) is 9.50. The van der Waals surface area contributed by atoms with E-state index in [1.165, 1.54) is 24.3 Å². The molecule has 2 N–H and O–H groups in total. The van der Waals surface area contributed by atoms with Crippen LogP contribution in [0.4, 0.5) is 35.3 Å². The largest absolute Gasteiger partial charge is 0.446 e. The highest BCUT2D eigenvalue weighted by atomic mass is 32.2. The zero-order valence-electron chi connectivity index (χ0n) is 16.7. The number of piperazine rings is 1. The van der Waals surface area contributed by atoms with Crippen molar-refractivity contribution in [1.82, 2.24) is 14.9 Å². The number of aryl methyl sites for hydroxylation is 1. The number of amides is 2. The molecule has 0 radical (unpaired) electrons. The quantitative estimate of drug-likeness (QED) is 0.680. The molecule has 0 spiro atoms. The molecule has 0 atom stereocenters. The van der Waals surface area contributed by atoms with Crippen LogP contribution in [0.1, 0.15) is 12.7 Å². The molecule has 30 heavy (non-hydrogen) atoms. The molecule has 2 aromatic rings. The monoisotopic (exact) mass is 440 g/mol. The molecule has 1 aromatic carbocycles. The maximum Gasteiger partial charge on any atom is 0.446 e. The van der Waals surface area contributed by atoms with Crippen LogP contribution in [-0.4, -0.2) is 59.1 Å². The van der Waals surface area contributed by atoms with E-state index in [2.05, 4.69) is 25.5 Å². The first-order valence-corrected chi connectivity index (χ1v) is 10.3. The third-order valence-corrected chi connectivity index (χ3v) is 5.15. The normalized spacial score (nSPS) is 14.6. The van der Waals surface area contributed by atoms with Crippen LogP contribution in [0, 0.1) is 6.92 Å². The standard InChI is InChI=1S/C19H23F3N6OS/c1-3-23-16-12-17(25-13(2)24-16)27-8-10-28(11-9-27)18(29)26-14-4-6-15(7-5-14)30-19(20,21)22/h4-7,12H,3,8-11H2,1-2H3,(H,26,29)(H,23,24,25). The van der Waals surface area contributed by atoms with Gasteiger partial charge < -0.3 is 20.4 Å². The molecule has 162 valence electrons. The van der Waals surface area contributed by atoms with Gasteiger partial charge in [-0.2, -0.15) is 13.2 Å². The number of hydrogen-bond acceptors (Lipinski definition) is 6. The lowest BCUT2D eigenvalue weighted by molar-refractivity contribution is -0.0328. The summed E-state index contributed by atoms with van der Waals surface area (Å²) >= 11 is -0.184. The summed E-state index contributed by atoms with van der Waals surface area (Å²) in [6.07, 6.45) is 0. The Bertz CT molecular complexity index is 870. The number of urea groups is 1. The lowest BCUT2D eigenvalue weighted by Gasteiger charge is -2.35. The van der Waals surface area contributed by atoms with Crippen LogP contribution in [0.5, 0.6) is 0 Å². The van der Waals surface area contributed by atoms with Gasteiger partial charge in [-0.1, -0.05) is 0 Å². The molecule has 7 nitrogen and oxygen atoms in total. The van der Waals surface area contributed by atoms with Crippen LogP contribution >= 0.6 is 11.8 Å². The van der Waals surface area contributed by atoms with Crippen molar-refractivity contribution in [3.05, 3.63) is 36.2 Å². The number of benzene rings is 1. The Morgan fingerprint density at radius 1 is 1.13 bits per heavy atom. The first kappa shape index (κ1) is 22.0. The van der Waals surface area contributed by atoms with E-state index in [0.29, 0.717) is 37.7 Å². The second-order valence-corrected chi connectivity index (χ2v) is 7.80. The van der Waals surface area contributed by atoms with Crippen molar-refractivity contribution < 1.29 is 18.0 Å². The molecule has 1 fully saturated rings. The molecular weight excluding hydrogens is 417 g/mol. The third kappa shape index (κ3) is 6.15. The third-order valence-electron chi connectivity index (χ3n) is 4.41.